The largest absolute Gasteiger partial charge is 0.385 e. The van der Waals surface area contributed by atoms with E-state index >= 15 is 0 Å². The Hall–Kier alpha value is -2.05. The van der Waals surface area contributed by atoms with Crippen LogP contribution in [0.4, 0.5) is 0 Å². The summed E-state index contributed by atoms with van der Waals surface area (Å²) in [6, 6.07) is 9.79. The Morgan fingerprint density at radius 2 is 1.96 bits per heavy atom. The van der Waals surface area contributed by atoms with Crippen molar-refractivity contribution in [1.82, 2.24) is 19.3 Å². The van der Waals surface area contributed by atoms with Crippen molar-refractivity contribution < 1.29 is 5.11 Å². The first-order valence-electron chi connectivity index (χ1n) is 9.53. The van der Waals surface area contributed by atoms with Crippen LogP contribution in [0.15, 0.2) is 53.9 Å². The number of thioether (sulfide) groups is 1. The molecule has 5 nitrogen and oxygen atoms in total. The molecule has 27 heavy (non-hydrogen) atoms. The molecule has 0 bridgehead atoms. The van der Waals surface area contributed by atoms with Crippen LogP contribution in [0.2, 0.25) is 0 Å². The quantitative estimate of drug-likeness (QED) is 0.698. The molecular formula is C21H26N4OS. The van der Waals surface area contributed by atoms with Crippen molar-refractivity contribution in [3.8, 4) is 5.69 Å². The smallest absolute Gasteiger partial charge is 0.112 e. The normalized spacial score (nSPS) is 17.3. The number of hydrogen-bond donors (Lipinski definition) is 1. The molecule has 2 heterocycles. The summed E-state index contributed by atoms with van der Waals surface area (Å²) in [6.45, 7) is 1.86. The van der Waals surface area contributed by atoms with Gasteiger partial charge in [-0.05, 0) is 43.5 Å². The molecule has 2 aromatic heterocycles. The van der Waals surface area contributed by atoms with Crippen molar-refractivity contribution in [2.75, 3.05) is 0 Å². The van der Waals surface area contributed by atoms with Crippen molar-refractivity contribution in [2.24, 2.45) is 7.05 Å². The highest BCUT2D eigenvalue weighted by Crippen LogP contribution is 2.35. The lowest BCUT2D eigenvalue weighted by molar-refractivity contribution is 0.0546. The minimum absolute atomic E-state index is 0.482. The van der Waals surface area contributed by atoms with Gasteiger partial charge in [-0.2, -0.15) is 5.10 Å². The van der Waals surface area contributed by atoms with Gasteiger partial charge in [-0.15, -0.1) is 11.8 Å². The molecule has 0 saturated heterocycles. The molecule has 0 spiro atoms. The maximum Gasteiger partial charge on any atom is 0.112 e. The molecule has 4 rings (SSSR count). The molecule has 0 amide bonds. The predicted octanol–water partition coefficient (Wildman–Crippen LogP) is 4.09. The van der Waals surface area contributed by atoms with E-state index in [-0.39, 0.29) is 0 Å². The highest BCUT2D eigenvalue weighted by atomic mass is 32.2. The Balaban J connectivity index is 1.48. The second kappa shape index (κ2) is 7.52. The number of aromatic nitrogens is 4. The van der Waals surface area contributed by atoms with E-state index in [4.69, 9.17) is 0 Å². The lowest BCUT2D eigenvalue weighted by atomic mass is 9.92. The lowest BCUT2D eigenvalue weighted by Crippen LogP contribution is -2.26. The van der Waals surface area contributed by atoms with Gasteiger partial charge < -0.3 is 9.67 Å². The monoisotopic (exact) mass is 382 g/mol. The number of nitrogens with zero attached hydrogens (tertiary/aromatic N) is 4. The Morgan fingerprint density at radius 1 is 1.22 bits per heavy atom. The van der Waals surface area contributed by atoms with E-state index in [9.17, 15) is 5.11 Å². The van der Waals surface area contributed by atoms with Crippen LogP contribution in [-0.4, -0.2) is 29.7 Å². The predicted molar refractivity (Wildman–Crippen MR) is 108 cm³/mol. The Kier molecular flexibility index (Phi) is 5.10. The summed E-state index contributed by atoms with van der Waals surface area (Å²) < 4.78 is 3.94. The van der Waals surface area contributed by atoms with Crippen LogP contribution in [0, 0.1) is 0 Å². The molecule has 1 aliphatic carbocycles. The van der Waals surface area contributed by atoms with Gasteiger partial charge in [0.1, 0.15) is 5.82 Å². The molecule has 1 N–H and O–H groups in total. The van der Waals surface area contributed by atoms with Crippen LogP contribution in [0.3, 0.4) is 0 Å². The van der Waals surface area contributed by atoms with Gasteiger partial charge in [0.25, 0.3) is 0 Å². The van der Waals surface area contributed by atoms with Gasteiger partial charge in [0, 0.05) is 31.1 Å². The fraction of sp³-hybridized carbons (Fsp3) is 0.429. The van der Waals surface area contributed by atoms with E-state index in [1.165, 1.54) is 30.7 Å². The lowest BCUT2D eigenvalue weighted by Gasteiger charge is -2.24. The SMILES string of the molecule is Cn1c(SC2CCCC2)cnc1CC(C)(O)c1ccc(-n2cccn2)cc1. The summed E-state index contributed by atoms with van der Waals surface area (Å²) in [7, 11) is 2.05. The summed E-state index contributed by atoms with van der Waals surface area (Å²) in [5.41, 5.74) is 0.884. The average Bonchev–Trinajstić information content (AvgIpc) is 3.41. The molecule has 3 aromatic rings. The Bertz CT molecular complexity index is 878. The molecule has 1 aliphatic rings. The number of aliphatic hydroxyl groups is 1. The third-order valence-electron chi connectivity index (χ3n) is 5.39. The van der Waals surface area contributed by atoms with Gasteiger partial charge in [0.05, 0.1) is 22.5 Å². The highest BCUT2D eigenvalue weighted by molar-refractivity contribution is 7.99. The standard InChI is InChI=1S/C21H26N4OS/c1-21(26,16-8-10-17(11-9-16)25-13-5-12-23-25)14-19-22-15-20(24(19)2)27-18-6-3-4-7-18/h5,8-13,15,18,26H,3-4,6-7,14H2,1-2H3. The summed E-state index contributed by atoms with van der Waals surface area (Å²) in [5, 5.41) is 17.2. The highest BCUT2D eigenvalue weighted by Gasteiger charge is 2.27. The summed E-state index contributed by atoms with van der Waals surface area (Å²) in [5.74, 6) is 0.914. The van der Waals surface area contributed by atoms with Crippen LogP contribution in [0.25, 0.3) is 5.69 Å². The summed E-state index contributed by atoms with van der Waals surface area (Å²) >= 11 is 1.93. The maximum absolute atomic E-state index is 11.1. The van der Waals surface area contributed by atoms with Gasteiger partial charge in [0.2, 0.25) is 0 Å². The molecule has 0 radical (unpaired) electrons. The minimum Gasteiger partial charge on any atom is -0.385 e. The van der Waals surface area contributed by atoms with Crippen LogP contribution in [0.5, 0.6) is 0 Å². The molecule has 1 aromatic carbocycles. The first kappa shape index (κ1) is 18.3. The fourth-order valence-electron chi connectivity index (χ4n) is 3.69. The summed E-state index contributed by atoms with van der Waals surface area (Å²) in [4.78, 5) is 4.59. The average molecular weight is 383 g/mol. The van der Waals surface area contributed by atoms with Crippen LogP contribution < -0.4 is 0 Å². The number of hydrogen-bond acceptors (Lipinski definition) is 4. The van der Waals surface area contributed by atoms with Crippen molar-refractivity contribution >= 4 is 11.8 Å². The van der Waals surface area contributed by atoms with Crippen LogP contribution in [0.1, 0.15) is 44.0 Å². The first-order chi connectivity index (χ1) is 13.0. The zero-order chi connectivity index (χ0) is 18.9. The van der Waals surface area contributed by atoms with E-state index in [0.717, 1.165) is 17.1 Å². The third kappa shape index (κ3) is 3.96. The Morgan fingerprint density at radius 3 is 2.63 bits per heavy atom. The molecule has 1 fully saturated rings. The van der Waals surface area contributed by atoms with Crippen LogP contribution in [-0.2, 0) is 19.1 Å². The first-order valence-corrected chi connectivity index (χ1v) is 10.4. The van der Waals surface area contributed by atoms with Crippen molar-refractivity contribution in [1.29, 1.82) is 0 Å². The second-order valence-corrected chi connectivity index (χ2v) is 8.86. The van der Waals surface area contributed by atoms with Crippen molar-refractivity contribution in [3.63, 3.8) is 0 Å². The zero-order valence-corrected chi connectivity index (χ0v) is 16.7. The number of imidazole rings is 1. The molecule has 1 saturated carbocycles. The van der Waals surface area contributed by atoms with E-state index in [1.807, 2.05) is 66.1 Å². The Labute approximate surface area is 164 Å². The zero-order valence-electron chi connectivity index (χ0n) is 15.9. The van der Waals surface area contributed by atoms with Crippen molar-refractivity contribution in [2.45, 2.75) is 54.9 Å². The van der Waals surface area contributed by atoms with Gasteiger partial charge in [0.15, 0.2) is 0 Å². The van der Waals surface area contributed by atoms with Gasteiger partial charge >= 0.3 is 0 Å². The van der Waals surface area contributed by atoms with E-state index in [2.05, 4.69) is 21.7 Å². The fourth-order valence-corrected chi connectivity index (χ4v) is 4.97. The molecular weight excluding hydrogens is 356 g/mol. The molecule has 1 atom stereocenters. The van der Waals surface area contributed by atoms with E-state index in [1.54, 1.807) is 6.20 Å². The van der Waals surface area contributed by atoms with Gasteiger partial charge in [-0.1, -0.05) is 25.0 Å². The van der Waals surface area contributed by atoms with Gasteiger partial charge in [-0.3, -0.25) is 0 Å². The van der Waals surface area contributed by atoms with E-state index in [0.29, 0.717) is 11.7 Å². The van der Waals surface area contributed by atoms with Crippen molar-refractivity contribution in [3.05, 3.63) is 60.3 Å². The molecule has 142 valence electrons. The molecule has 0 aliphatic heterocycles. The topological polar surface area (TPSA) is 55.9 Å². The summed E-state index contributed by atoms with van der Waals surface area (Å²) in [6.07, 6.45) is 11.4. The minimum atomic E-state index is -0.975. The van der Waals surface area contributed by atoms with E-state index < -0.39 is 5.60 Å². The number of benzene rings is 1. The maximum atomic E-state index is 11.1. The van der Waals surface area contributed by atoms with Crippen LogP contribution >= 0.6 is 11.8 Å². The van der Waals surface area contributed by atoms with Gasteiger partial charge in [-0.25, -0.2) is 9.67 Å². The second-order valence-electron chi connectivity index (χ2n) is 7.54. The molecule has 6 heteroatoms. The third-order valence-corrected chi connectivity index (χ3v) is 6.82. The number of rotatable bonds is 6. The molecule has 1 unspecified atom stereocenters.